The van der Waals surface area contributed by atoms with Gasteiger partial charge in [0.1, 0.15) is 5.75 Å². The van der Waals surface area contributed by atoms with Crippen molar-refractivity contribution in [2.45, 2.75) is 18.2 Å². The third-order valence-corrected chi connectivity index (χ3v) is 4.24. The lowest BCUT2D eigenvalue weighted by Crippen LogP contribution is -2.16. The molecule has 1 aromatic carbocycles. The highest BCUT2D eigenvalue weighted by Gasteiger charge is 2.25. The first kappa shape index (κ1) is 14.8. The highest BCUT2D eigenvalue weighted by atomic mass is 35.5. The number of benzene rings is 1. The minimum absolute atomic E-state index is 0.104. The van der Waals surface area contributed by atoms with Crippen molar-refractivity contribution in [1.82, 2.24) is 0 Å². The van der Waals surface area contributed by atoms with E-state index in [-0.39, 0.29) is 16.1 Å². The van der Waals surface area contributed by atoms with E-state index in [2.05, 4.69) is 0 Å². The number of sulfone groups is 1. The molecule has 1 aromatic rings. The Hall–Kier alpha value is -1.21. The van der Waals surface area contributed by atoms with Crippen LogP contribution in [-0.4, -0.2) is 31.7 Å². The molecule has 0 saturated carbocycles. The van der Waals surface area contributed by atoms with Crippen LogP contribution in [0.5, 0.6) is 0 Å². The monoisotopic (exact) mass is 298 g/mol. The molecule has 0 fully saturated rings. The molecule has 0 aliphatic heterocycles. The Morgan fingerprint density at radius 1 is 1.44 bits per heavy atom. The van der Waals surface area contributed by atoms with E-state index in [0.29, 0.717) is 0 Å². The van der Waals surface area contributed by atoms with Crippen molar-refractivity contribution >= 4 is 27.4 Å². The van der Waals surface area contributed by atoms with E-state index >= 15 is 0 Å². The van der Waals surface area contributed by atoms with Crippen LogP contribution in [0, 0.1) is 6.92 Å². The summed E-state index contributed by atoms with van der Waals surface area (Å²) in [7, 11) is -4.27. The van der Waals surface area contributed by atoms with Crippen LogP contribution in [0.25, 0.3) is 0 Å². The SMILES string of the molecule is Cc1c(C(=O)O)cc(Cl)cc1S(=O)(=O)CC(F)F. The molecule has 0 bridgehead atoms. The number of aromatic carboxylic acids is 1. The number of hydrogen-bond acceptors (Lipinski definition) is 3. The average Bonchev–Trinajstić information content (AvgIpc) is 2.18. The first-order valence-corrected chi connectivity index (χ1v) is 6.72. The van der Waals surface area contributed by atoms with Crippen molar-refractivity contribution in [3.63, 3.8) is 0 Å². The van der Waals surface area contributed by atoms with E-state index in [0.717, 1.165) is 12.1 Å². The second-order valence-electron chi connectivity index (χ2n) is 3.55. The second-order valence-corrected chi connectivity index (χ2v) is 5.99. The minimum Gasteiger partial charge on any atom is -0.478 e. The fraction of sp³-hybridized carbons (Fsp3) is 0.300. The maximum atomic E-state index is 12.2. The zero-order valence-electron chi connectivity index (χ0n) is 9.15. The molecule has 18 heavy (non-hydrogen) atoms. The van der Waals surface area contributed by atoms with E-state index < -0.39 is 32.9 Å². The van der Waals surface area contributed by atoms with Gasteiger partial charge in [-0.05, 0) is 24.6 Å². The summed E-state index contributed by atoms with van der Waals surface area (Å²) in [5.74, 6) is -2.74. The van der Waals surface area contributed by atoms with Gasteiger partial charge in [0.05, 0.1) is 10.5 Å². The molecule has 0 heterocycles. The smallest absolute Gasteiger partial charge is 0.336 e. The van der Waals surface area contributed by atoms with Gasteiger partial charge in [-0.1, -0.05) is 11.6 Å². The molecule has 1 rings (SSSR count). The summed E-state index contributed by atoms with van der Waals surface area (Å²) >= 11 is 5.59. The van der Waals surface area contributed by atoms with Gasteiger partial charge in [-0.2, -0.15) is 0 Å². The Kier molecular flexibility index (Phi) is 4.28. The molecule has 1 N–H and O–H groups in total. The molecule has 0 aliphatic carbocycles. The number of alkyl halides is 2. The number of carbonyl (C=O) groups is 1. The largest absolute Gasteiger partial charge is 0.478 e. The fourth-order valence-electron chi connectivity index (χ4n) is 1.45. The molecule has 0 aliphatic rings. The van der Waals surface area contributed by atoms with Crippen LogP contribution in [0.15, 0.2) is 17.0 Å². The molecule has 0 spiro atoms. The summed E-state index contributed by atoms with van der Waals surface area (Å²) in [6.07, 6.45) is -3.04. The second kappa shape index (κ2) is 5.19. The van der Waals surface area contributed by atoms with Gasteiger partial charge in [0.25, 0.3) is 6.43 Å². The lowest BCUT2D eigenvalue weighted by atomic mass is 10.1. The topological polar surface area (TPSA) is 71.4 Å². The summed E-state index contributed by atoms with van der Waals surface area (Å²) < 4.78 is 47.7. The Balaban J connectivity index is 3.47. The number of hydrogen-bond donors (Lipinski definition) is 1. The molecule has 100 valence electrons. The van der Waals surface area contributed by atoms with Crippen molar-refractivity contribution in [3.05, 3.63) is 28.3 Å². The van der Waals surface area contributed by atoms with Crippen LogP contribution in [0.2, 0.25) is 5.02 Å². The molecule has 0 aromatic heterocycles. The zero-order valence-corrected chi connectivity index (χ0v) is 10.7. The summed E-state index contributed by atoms with van der Waals surface area (Å²) in [6.45, 7) is 1.23. The Bertz CT molecular complexity index is 584. The molecule has 4 nitrogen and oxygen atoms in total. The first-order chi connectivity index (χ1) is 8.15. The molecule has 0 amide bonds. The molecule has 8 heteroatoms. The summed E-state index contributed by atoms with van der Waals surface area (Å²) in [4.78, 5) is 10.4. The third-order valence-electron chi connectivity index (χ3n) is 2.24. The van der Waals surface area contributed by atoms with Crippen LogP contribution in [0.3, 0.4) is 0 Å². The van der Waals surface area contributed by atoms with E-state index in [4.69, 9.17) is 16.7 Å². The molecule has 0 unspecified atom stereocenters. The van der Waals surface area contributed by atoms with Gasteiger partial charge in [-0.3, -0.25) is 0 Å². The Morgan fingerprint density at radius 3 is 2.44 bits per heavy atom. The number of rotatable bonds is 4. The Morgan fingerprint density at radius 2 is 2.00 bits per heavy atom. The molecule has 0 saturated heterocycles. The van der Waals surface area contributed by atoms with Gasteiger partial charge >= 0.3 is 5.97 Å². The maximum Gasteiger partial charge on any atom is 0.336 e. The number of carboxylic acids is 1. The molecular weight excluding hydrogens is 290 g/mol. The van der Waals surface area contributed by atoms with Crippen LogP contribution in [-0.2, 0) is 9.84 Å². The molecule has 0 radical (unpaired) electrons. The lowest BCUT2D eigenvalue weighted by Gasteiger charge is -2.10. The van der Waals surface area contributed by atoms with Crippen molar-refractivity contribution in [2.24, 2.45) is 0 Å². The lowest BCUT2D eigenvalue weighted by molar-refractivity contribution is 0.0695. The van der Waals surface area contributed by atoms with Crippen molar-refractivity contribution in [3.8, 4) is 0 Å². The zero-order chi connectivity index (χ0) is 14.1. The van der Waals surface area contributed by atoms with Gasteiger partial charge < -0.3 is 5.11 Å². The van der Waals surface area contributed by atoms with Gasteiger partial charge in [-0.15, -0.1) is 0 Å². The predicted octanol–water partition coefficient (Wildman–Crippen LogP) is 2.39. The van der Waals surface area contributed by atoms with E-state index in [9.17, 15) is 22.0 Å². The standard InChI is InChI=1S/C10H9ClF2O4S/c1-5-7(10(14)15)2-6(11)3-8(5)18(16,17)4-9(12)13/h2-3,9H,4H2,1H3,(H,14,15). The fourth-order valence-corrected chi connectivity index (χ4v) is 3.13. The minimum atomic E-state index is -4.27. The van der Waals surface area contributed by atoms with Crippen molar-refractivity contribution in [1.29, 1.82) is 0 Å². The molecular formula is C10H9ClF2O4S. The maximum absolute atomic E-state index is 12.2. The highest BCUT2D eigenvalue weighted by molar-refractivity contribution is 7.91. The van der Waals surface area contributed by atoms with Crippen LogP contribution in [0.1, 0.15) is 15.9 Å². The first-order valence-electron chi connectivity index (χ1n) is 4.69. The van der Waals surface area contributed by atoms with Gasteiger partial charge in [0.2, 0.25) is 0 Å². The van der Waals surface area contributed by atoms with Crippen LogP contribution in [0.4, 0.5) is 8.78 Å². The normalized spacial score (nSPS) is 11.8. The van der Waals surface area contributed by atoms with Gasteiger partial charge in [0, 0.05) is 5.02 Å². The van der Waals surface area contributed by atoms with Crippen molar-refractivity contribution in [2.75, 3.05) is 5.75 Å². The van der Waals surface area contributed by atoms with Crippen LogP contribution >= 0.6 is 11.6 Å². The molecule has 0 atom stereocenters. The van der Waals surface area contributed by atoms with Gasteiger partial charge in [-0.25, -0.2) is 22.0 Å². The third kappa shape index (κ3) is 3.17. The predicted molar refractivity (Wildman–Crippen MR) is 61.2 cm³/mol. The van der Waals surface area contributed by atoms with Gasteiger partial charge in [0.15, 0.2) is 9.84 Å². The van der Waals surface area contributed by atoms with Crippen LogP contribution < -0.4 is 0 Å². The average molecular weight is 299 g/mol. The van der Waals surface area contributed by atoms with E-state index in [1.54, 1.807) is 0 Å². The summed E-state index contributed by atoms with van der Waals surface area (Å²) in [5.41, 5.74) is -0.428. The van der Waals surface area contributed by atoms with E-state index in [1.807, 2.05) is 0 Å². The van der Waals surface area contributed by atoms with E-state index in [1.165, 1.54) is 6.92 Å². The quantitative estimate of drug-likeness (QED) is 0.926. The number of carboxylic acid groups (broad SMARTS) is 1. The highest BCUT2D eigenvalue weighted by Crippen LogP contribution is 2.26. The number of halogens is 3. The summed E-state index contributed by atoms with van der Waals surface area (Å²) in [6, 6.07) is 2.04. The summed E-state index contributed by atoms with van der Waals surface area (Å²) in [5, 5.41) is 8.73. The van der Waals surface area contributed by atoms with Crippen molar-refractivity contribution < 1.29 is 27.1 Å². The Labute approximate surface area is 107 Å².